The molecule has 1 saturated carbocycles. The van der Waals surface area contributed by atoms with Crippen molar-refractivity contribution in [3.05, 3.63) is 46.8 Å². The molecule has 21 heavy (non-hydrogen) atoms. The standard InChI is InChI=1S/C16H19N3O2/c1-11-5-4-6-12(9-11)10-14-15(16(20)21)17-18-19(14)13-7-2-3-8-13/h4-6,9,13H,2-3,7-8,10H2,1H3,(H,20,21). The van der Waals surface area contributed by atoms with E-state index in [9.17, 15) is 9.90 Å². The first-order valence-electron chi connectivity index (χ1n) is 7.38. The summed E-state index contributed by atoms with van der Waals surface area (Å²) in [5.41, 5.74) is 3.08. The number of aromatic nitrogens is 3. The summed E-state index contributed by atoms with van der Waals surface area (Å²) < 4.78 is 1.85. The summed E-state index contributed by atoms with van der Waals surface area (Å²) in [5.74, 6) is -0.998. The molecule has 1 aromatic carbocycles. The normalized spacial score (nSPS) is 15.5. The Morgan fingerprint density at radius 2 is 2.14 bits per heavy atom. The second kappa shape index (κ2) is 5.68. The highest BCUT2D eigenvalue weighted by Crippen LogP contribution is 2.31. The topological polar surface area (TPSA) is 68.0 Å². The van der Waals surface area contributed by atoms with Gasteiger partial charge in [-0.15, -0.1) is 5.10 Å². The Labute approximate surface area is 123 Å². The molecule has 0 spiro atoms. The van der Waals surface area contributed by atoms with Crippen molar-refractivity contribution in [3.8, 4) is 0 Å². The maximum atomic E-state index is 11.4. The van der Waals surface area contributed by atoms with Crippen LogP contribution in [0.15, 0.2) is 24.3 Å². The lowest BCUT2D eigenvalue weighted by Crippen LogP contribution is -2.13. The average Bonchev–Trinajstić information content (AvgIpc) is 3.07. The van der Waals surface area contributed by atoms with E-state index in [-0.39, 0.29) is 5.69 Å². The molecule has 5 nitrogen and oxygen atoms in total. The van der Waals surface area contributed by atoms with Crippen LogP contribution in [0.5, 0.6) is 0 Å². The van der Waals surface area contributed by atoms with Crippen molar-refractivity contribution in [2.45, 2.75) is 45.1 Å². The first kappa shape index (κ1) is 13.8. The zero-order valence-corrected chi connectivity index (χ0v) is 12.1. The summed E-state index contributed by atoms with van der Waals surface area (Å²) in [5, 5.41) is 17.4. The summed E-state index contributed by atoms with van der Waals surface area (Å²) in [4.78, 5) is 11.4. The highest BCUT2D eigenvalue weighted by atomic mass is 16.4. The van der Waals surface area contributed by atoms with E-state index in [4.69, 9.17) is 0 Å². The summed E-state index contributed by atoms with van der Waals surface area (Å²) in [7, 11) is 0. The monoisotopic (exact) mass is 285 g/mol. The molecule has 0 bridgehead atoms. The van der Waals surface area contributed by atoms with Crippen LogP contribution in [-0.4, -0.2) is 26.1 Å². The maximum Gasteiger partial charge on any atom is 0.358 e. The van der Waals surface area contributed by atoms with E-state index < -0.39 is 5.97 Å². The van der Waals surface area contributed by atoms with Gasteiger partial charge in [-0.3, -0.25) is 0 Å². The van der Waals surface area contributed by atoms with E-state index in [0.717, 1.165) is 24.1 Å². The van der Waals surface area contributed by atoms with E-state index in [1.807, 2.05) is 29.8 Å². The first-order valence-corrected chi connectivity index (χ1v) is 7.38. The molecule has 1 aromatic heterocycles. The third-order valence-electron chi connectivity index (χ3n) is 4.12. The predicted molar refractivity (Wildman–Crippen MR) is 78.5 cm³/mol. The van der Waals surface area contributed by atoms with Crippen molar-refractivity contribution in [2.75, 3.05) is 0 Å². The number of nitrogens with zero attached hydrogens (tertiary/aromatic N) is 3. The summed E-state index contributed by atoms with van der Waals surface area (Å²) in [6, 6.07) is 8.43. The van der Waals surface area contributed by atoms with E-state index in [2.05, 4.69) is 16.4 Å². The highest BCUT2D eigenvalue weighted by Gasteiger charge is 2.26. The number of carboxylic acid groups (broad SMARTS) is 1. The minimum absolute atomic E-state index is 0.0865. The fourth-order valence-corrected chi connectivity index (χ4v) is 3.10. The van der Waals surface area contributed by atoms with Crippen LogP contribution in [0.4, 0.5) is 0 Å². The Morgan fingerprint density at radius 3 is 2.81 bits per heavy atom. The summed E-state index contributed by atoms with van der Waals surface area (Å²) >= 11 is 0. The van der Waals surface area contributed by atoms with Gasteiger partial charge >= 0.3 is 5.97 Å². The van der Waals surface area contributed by atoms with Crippen molar-refractivity contribution in [2.24, 2.45) is 0 Å². The fourth-order valence-electron chi connectivity index (χ4n) is 3.10. The van der Waals surface area contributed by atoms with Gasteiger partial charge in [0.15, 0.2) is 5.69 Å². The van der Waals surface area contributed by atoms with Gasteiger partial charge in [0, 0.05) is 6.42 Å². The molecule has 5 heteroatoms. The number of aryl methyl sites for hydroxylation is 1. The molecule has 0 radical (unpaired) electrons. The molecule has 110 valence electrons. The molecule has 0 atom stereocenters. The molecule has 1 aliphatic carbocycles. The third-order valence-corrected chi connectivity index (χ3v) is 4.12. The number of carboxylic acids is 1. The predicted octanol–water partition coefficient (Wildman–Crippen LogP) is 2.99. The Balaban J connectivity index is 1.97. The second-order valence-electron chi connectivity index (χ2n) is 5.74. The zero-order valence-electron chi connectivity index (χ0n) is 12.1. The van der Waals surface area contributed by atoms with Crippen LogP contribution in [0.3, 0.4) is 0 Å². The Morgan fingerprint density at radius 1 is 1.38 bits per heavy atom. The van der Waals surface area contributed by atoms with Gasteiger partial charge in [-0.25, -0.2) is 9.48 Å². The highest BCUT2D eigenvalue weighted by molar-refractivity contribution is 5.86. The number of benzene rings is 1. The van der Waals surface area contributed by atoms with Gasteiger partial charge in [0.05, 0.1) is 11.7 Å². The lowest BCUT2D eigenvalue weighted by molar-refractivity contribution is 0.0689. The molecule has 1 aliphatic rings. The van der Waals surface area contributed by atoms with Crippen molar-refractivity contribution < 1.29 is 9.90 Å². The number of hydrogen-bond donors (Lipinski definition) is 1. The molecule has 1 N–H and O–H groups in total. The molecule has 1 fully saturated rings. The average molecular weight is 285 g/mol. The third kappa shape index (κ3) is 2.82. The van der Waals surface area contributed by atoms with Crippen LogP contribution in [0.2, 0.25) is 0 Å². The number of carbonyl (C=O) groups is 1. The lowest BCUT2D eigenvalue weighted by Gasteiger charge is -2.13. The molecule has 1 heterocycles. The van der Waals surface area contributed by atoms with Gasteiger partial charge in [0.25, 0.3) is 0 Å². The van der Waals surface area contributed by atoms with Crippen LogP contribution in [-0.2, 0) is 6.42 Å². The van der Waals surface area contributed by atoms with E-state index >= 15 is 0 Å². The van der Waals surface area contributed by atoms with Gasteiger partial charge < -0.3 is 5.11 Å². The second-order valence-corrected chi connectivity index (χ2v) is 5.74. The number of rotatable bonds is 4. The van der Waals surface area contributed by atoms with Crippen LogP contribution in [0.25, 0.3) is 0 Å². The van der Waals surface area contributed by atoms with Crippen LogP contribution >= 0.6 is 0 Å². The minimum Gasteiger partial charge on any atom is -0.476 e. The summed E-state index contributed by atoms with van der Waals surface area (Å²) in [6.45, 7) is 2.04. The molecule has 0 saturated heterocycles. The van der Waals surface area contributed by atoms with Crippen molar-refractivity contribution in [1.82, 2.24) is 15.0 Å². The van der Waals surface area contributed by atoms with Gasteiger partial charge in [0.1, 0.15) is 0 Å². The Hall–Kier alpha value is -2.17. The Kier molecular flexibility index (Phi) is 3.73. The van der Waals surface area contributed by atoms with Gasteiger partial charge in [0.2, 0.25) is 0 Å². The van der Waals surface area contributed by atoms with Crippen molar-refractivity contribution in [1.29, 1.82) is 0 Å². The van der Waals surface area contributed by atoms with Crippen molar-refractivity contribution in [3.63, 3.8) is 0 Å². The smallest absolute Gasteiger partial charge is 0.358 e. The quantitative estimate of drug-likeness (QED) is 0.937. The van der Waals surface area contributed by atoms with Crippen LogP contribution in [0, 0.1) is 6.92 Å². The van der Waals surface area contributed by atoms with Gasteiger partial charge in [-0.05, 0) is 25.3 Å². The molecule has 0 amide bonds. The van der Waals surface area contributed by atoms with Gasteiger partial charge in [-0.2, -0.15) is 0 Å². The lowest BCUT2D eigenvalue weighted by atomic mass is 10.1. The molecule has 0 unspecified atom stereocenters. The molecule has 3 rings (SSSR count). The van der Waals surface area contributed by atoms with Gasteiger partial charge in [-0.1, -0.05) is 47.9 Å². The van der Waals surface area contributed by atoms with Crippen molar-refractivity contribution >= 4 is 5.97 Å². The zero-order chi connectivity index (χ0) is 14.8. The van der Waals surface area contributed by atoms with Crippen LogP contribution in [0.1, 0.15) is 59.0 Å². The van der Waals surface area contributed by atoms with E-state index in [1.165, 1.54) is 18.4 Å². The molecule has 2 aromatic rings. The maximum absolute atomic E-state index is 11.4. The van der Waals surface area contributed by atoms with E-state index in [1.54, 1.807) is 0 Å². The number of aromatic carboxylic acids is 1. The fraction of sp³-hybridized carbons (Fsp3) is 0.438. The van der Waals surface area contributed by atoms with E-state index in [0.29, 0.717) is 12.5 Å². The largest absolute Gasteiger partial charge is 0.476 e. The van der Waals surface area contributed by atoms with Crippen LogP contribution < -0.4 is 0 Å². The summed E-state index contributed by atoms with van der Waals surface area (Å²) in [6.07, 6.45) is 5.03. The molecular weight excluding hydrogens is 266 g/mol. The first-order chi connectivity index (χ1) is 10.1. The SMILES string of the molecule is Cc1cccc(Cc2c(C(=O)O)nnn2C2CCCC2)c1. The molecule has 0 aliphatic heterocycles. The Bertz CT molecular complexity index is 657. The minimum atomic E-state index is -0.998. The number of hydrogen-bond acceptors (Lipinski definition) is 3. The molecular formula is C16H19N3O2.